The number of benzene rings is 1. The van der Waals surface area contributed by atoms with Gasteiger partial charge in [0.05, 0.1) is 35.9 Å². The monoisotopic (exact) mass is 636 g/mol. The number of carbonyl (C=O) groups is 2. The average Bonchev–Trinajstić information content (AvgIpc) is 3.70. The van der Waals surface area contributed by atoms with Crippen LogP contribution in [0.25, 0.3) is 0 Å². The summed E-state index contributed by atoms with van der Waals surface area (Å²) >= 11 is 0. The Morgan fingerprint density at radius 2 is 1.80 bits per heavy atom. The van der Waals surface area contributed by atoms with Gasteiger partial charge < -0.3 is 19.9 Å². The van der Waals surface area contributed by atoms with Gasteiger partial charge in [-0.3, -0.25) is 14.5 Å². The lowest BCUT2D eigenvalue weighted by atomic mass is 9.64. The number of nitrogens with one attached hydrogen (secondary N) is 1. The Labute approximate surface area is 272 Å². The van der Waals surface area contributed by atoms with Crippen LogP contribution < -0.4 is 5.32 Å². The first-order valence-electron chi connectivity index (χ1n) is 18.2. The lowest BCUT2D eigenvalue weighted by molar-refractivity contribution is -0.219. The SMILES string of the molecule is CN1CCCC1CCNC(=O)C1=CN2C3CC4CCCCC4CC3OC3C(N4CCC(c5ccccc5F)C4)C(F)CC(C1=O)C32. The second-order valence-corrected chi connectivity index (χ2v) is 15.5. The van der Waals surface area contributed by atoms with E-state index in [0.717, 1.165) is 38.6 Å². The standard InChI is InChI=1S/C37H50F2N4O3/c1-41-15-6-9-25(41)12-14-40-37(45)28-21-43-31-17-22-7-2-3-8-23(22)18-32(31)46-36-33(43)27(35(28)44)19-30(39)34(36)42-16-13-24(20-42)26-10-4-5-11-29(26)38/h4-5,10-11,21-25,27,30-34,36H,2-3,6-9,12-20H2,1H3,(H,40,45). The van der Waals surface area contributed by atoms with Crippen molar-refractivity contribution in [3.05, 3.63) is 47.4 Å². The van der Waals surface area contributed by atoms with Crippen LogP contribution in [0.3, 0.4) is 0 Å². The number of ether oxygens (including phenoxy) is 1. The predicted octanol–water partition coefficient (Wildman–Crippen LogP) is 4.82. The molecule has 3 saturated heterocycles. The van der Waals surface area contributed by atoms with Crippen molar-refractivity contribution >= 4 is 11.7 Å². The largest absolute Gasteiger partial charge is 0.369 e. The Balaban J connectivity index is 1.07. The molecule has 1 amide bonds. The van der Waals surface area contributed by atoms with Crippen LogP contribution in [0.5, 0.6) is 0 Å². The Bertz CT molecular complexity index is 1360. The molecule has 0 spiro atoms. The van der Waals surface area contributed by atoms with Crippen molar-refractivity contribution in [3.63, 3.8) is 0 Å². The number of nitrogens with zero attached hydrogens (tertiary/aromatic N) is 3. The van der Waals surface area contributed by atoms with Gasteiger partial charge in [-0.2, -0.15) is 0 Å². The highest BCUT2D eigenvalue weighted by atomic mass is 19.1. The lowest BCUT2D eigenvalue weighted by Gasteiger charge is -2.61. The first-order chi connectivity index (χ1) is 22.4. The number of ketones is 1. The van der Waals surface area contributed by atoms with E-state index in [0.29, 0.717) is 43.1 Å². The molecule has 0 bridgehead atoms. The molecule has 7 aliphatic rings. The molecule has 1 N–H and O–H groups in total. The molecule has 250 valence electrons. The molecule has 11 unspecified atom stereocenters. The fraction of sp³-hybridized carbons (Fsp3) is 0.730. The molecule has 46 heavy (non-hydrogen) atoms. The van der Waals surface area contributed by atoms with Crippen molar-refractivity contribution in [3.8, 4) is 0 Å². The number of alkyl halides is 1. The molecule has 4 heterocycles. The molecule has 6 fully saturated rings. The Hall–Kier alpha value is -2.36. The summed E-state index contributed by atoms with van der Waals surface area (Å²) in [6.45, 7) is 2.87. The van der Waals surface area contributed by atoms with E-state index in [1.807, 2.05) is 18.3 Å². The summed E-state index contributed by atoms with van der Waals surface area (Å²) < 4.78 is 38.4. The van der Waals surface area contributed by atoms with E-state index in [-0.39, 0.29) is 53.6 Å². The van der Waals surface area contributed by atoms with Crippen molar-refractivity contribution in [2.45, 2.75) is 119 Å². The van der Waals surface area contributed by atoms with Gasteiger partial charge in [0.15, 0.2) is 5.78 Å². The molecular weight excluding hydrogens is 586 g/mol. The first kappa shape index (κ1) is 30.9. The smallest absolute Gasteiger partial charge is 0.256 e. The van der Waals surface area contributed by atoms with E-state index in [1.165, 1.54) is 38.2 Å². The summed E-state index contributed by atoms with van der Waals surface area (Å²) in [6.07, 6.45) is 11.0. The highest BCUT2D eigenvalue weighted by Crippen LogP contribution is 2.51. The quantitative estimate of drug-likeness (QED) is 0.453. The van der Waals surface area contributed by atoms with Gasteiger partial charge >= 0.3 is 0 Å². The van der Waals surface area contributed by atoms with Crippen molar-refractivity contribution in [1.29, 1.82) is 0 Å². The summed E-state index contributed by atoms with van der Waals surface area (Å²) in [5, 5.41) is 3.06. The molecule has 1 aromatic rings. The molecule has 3 aliphatic carbocycles. The van der Waals surface area contributed by atoms with Gasteiger partial charge in [0, 0.05) is 37.2 Å². The fourth-order valence-corrected chi connectivity index (χ4v) is 10.8. The van der Waals surface area contributed by atoms with Crippen LogP contribution in [0.2, 0.25) is 0 Å². The van der Waals surface area contributed by atoms with Crippen LogP contribution in [-0.2, 0) is 14.3 Å². The number of Topliss-reactive ketones (excluding diaryl/α,β-unsaturated/α-hetero) is 1. The van der Waals surface area contributed by atoms with Crippen LogP contribution in [0.15, 0.2) is 36.0 Å². The maximum absolute atomic E-state index is 16.6. The lowest BCUT2D eigenvalue weighted by Crippen LogP contribution is -2.73. The van der Waals surface area contributed by atoms with Gasteiger partial charge in [-0.15, -0.1) is 0 Å². The predicted molar refractivity (Wildman–Crippen MR) is 171 cm³/mol. The molecule has 8 rings (SSSR count). The number of carbonyl (C=O) groups excluding carboxylic acids is 2. The van der Waals surface area contributed by atoms with Crippen LogP contribution in [-0.4, -0.2) is 102 Å². The molecule has 0 radical (unpaired) electrons. The maximum Gasteiger partial charge on any atom is 0.256 e. The number of amides is 1. The Morgan fingerprint density at radius 1 is 1.00 bits per heavy atom. The van der Waals surface area contributed by atoms with Gasteiger partial charge in [-0.05, 0) is 88.5 Å². The third kappa shape index (κ3) is 5.42. The Morgan fingerprint density at radius 3 is 2.59 bits per heavy atom. The van der Waals surface area contributed by atoms with Gasteiger partial charge in [0.1, 0.15) is 12.0 Å². The maximum atomic E-state index is 16.6. The van der Waals surface area contributed by atoms with E-state index >= 15 is 4.39 Å². The van der Waals surface area contributed by atoms with Crippen LogP contribution in [0.4, 0.5) is 8.78 Å². The van der Waals surface area contributed by atoms with E-state index in [9.17, 15) is 14.0 Å². The molecule has 3 saturated carbocycles. The van der Waals surface area contributed by atoms with Crippen molar-refractivity contribution < 1.29 is 23.1 Å². The number of fused-ring (bicyclic) bond motifs is 3. The number of morpholine rings is 1. The van der Waals surface area contributed by atoms with Crippen LogP contribution >= 0.6 is 0 Å². The van der Waals surface area contributed by atoms with Gasteiger partial charge in [-0.1, -0.05) is 43.9 Å². The Kier molecular flexibility index (Phi) is 8.47. The van der Waals surface area contributed by atoms with Crippen LogP contribution in [0.1, 0.15) is 82.1 Å². The van der Waals surface area contributed by atoms with Gasteiger partial charge in [0.25, 0.3) is 5.91 Å². The summed E-state index contributed by atoms with van der Waals surface area (Å²) in [7, 11) is 2.13. The molecule has 7 nitrogen and oxygen atoms in total. The molecule has 0 aromatic heterocycles. The van der Waals surface area contributed by atoms with E-state index in [2.05, 4.69) is 27.1 Å². The summed E-state index contributed by atoms with van der Waals surface area (Å²) in [5.41, 5.74) is 0.889. The van der Waals surface area contributed by atoms with E-state index in [4.69, 9.17) is 4.74 Å². The number of halogens is 2. The highest BCUT2D eigenvalue weighted by molar-refractivity contribution is 6.20. The molecular formula is C37H50F2N4O3. The molecule has 1 aromatic carbocycles. The zero-order valence-electron chi connectivity index (χ0n) is 27.2. The summed E-state index contributed by atoms with van der Waals surface area (Å²) in [5.74, 6) is -0.113. The number of rotatable bonds is 6. The zero-order chi connectivity index (χ0) is 31.5. The zero-order valence-corrected chi connectivity index (χ0v) is 27.2. The third-order valence-electron chi connectivity index (χ3n) is 13.1. The highest BCUT2D eigenvalue weighted by Gasteiger charge is 2.61. The second kappa shape index (κ2) is 12.6. The number of likely N-dealkylation sites (tertiary alicyclic amines) is 2. The third-order valence-corrected chi connectivity index (χ3v) is 13.1. The minimum atomic E-state index is -1.26. The normalized spacial score (nSPS) is 41.0. The van der Waals surface area contributed by atoms with Crippen molar-refractivity contribution in [2.24, 2.45) is 17.8 Å². The fourth-order valence-electron chi connectivity index (χ4n) is 10.8. The second-order valence-electron chi connectivity index (χ2n) is 15.5. The summed E-state index contributed by atoms with van der Waals surface area (Å²) in [4.78, 5) is 34.6. The van der Waals surface area contributed by atoms with Gasteiger partial charge in [-0.25, -0.2) is 8.78 Å². The summed E-state index contributed by atoms with van der Waals surface area (Å²) in [6, 6.07) is 6.70. The molecule has 4 aliphatic heterocycles. The van der Waals surface area contributed by atoms with Gasteiger partial charge in [0.2, 0.25) is 0 Å². The number of hydrogen-bond acceptors (Lipinski definition) is 6. The first-order valence-corrected chi connectivity index (χ1v) is 18.2. The van der Waals surface area contributed by atoms with Crippen molar-refractivity contribution in [2.75, 3.05) is 33.2 Å². The minimum absolute atomic E-state index is 0.00319. The minimum Gasteiger partial charge on any atom is -0.369 e. The van der Waals surface area contributed by atoms with E-state index < -0.39 is 24.2 Å². The van der Waals surface area contributed by atoms with Crippen LogP contribution in [0, 0.1) is 23.6 Å². The van der Waals surface area contributed by atoms with Crippen molar-refractivity contribution in [1.82, 2.24) is 20.0 Å². The van der Waals surface area contributed by atoms with E-state index in [1.54, 1.807) is 6.07 Å². The average molecular weight is 637 g/mol. The molecule has 11 atom stereocenters. The molecule has 9 heteroatoms. The number of hydrogen-bond donors (Lipinski definition) is 1. The topological polar surface area (TPSA) is 65.1 Å².